The van der Waals surface area contributed by atoms with Gasteiger partial charge in [0.1, 0.15) is 5.75 Å². The number of carbonyl (C=O) groups is 1. The van der Waals surface area contributed by atoms with Crippen molar-refractivity contribution in [3.8, 4) is 28.3 Å². The normalized spacial score (nSPS) is 11.7. The minimum atomic E-state index is -0.372. The standard InChI is InChI=1S/C24H22N4O2S/c1-16(31-24-26-22(27-28-24)18-12-14-19(30-2)15-13-18)23(29)25-21-11-7-6-10-20(21)17-8-4-3-5-9-17/h3-16H,1-2H3,(H,25,29)(H,26,27,28). The lowest BCUT2D eigenvalue weighted by molar-refractivity contribution is -0.115. The zero-order chi connectivity index (χ0) is 21.6. The zero-order valence-corrected chi connectivity index (χ0v) is 18.0. The first-order valence-corrected chi connectivity index (χ1v) is 10.7. The summed E-state index contributed by atoms with van der Waals surface area (Å²) in [6, 6.07) is 25.3. The number of hydrogen-bond donors (Lipinski definition) is 2. The fourth-order valence-corrected chi connectivity index (χ4v) is 3.81. The molecule has 0 spiro atoms. The monoisotopic (exact) mass is 430 g/mol. The van der Waals surface area contributed by atoms with Crippen LogP contribution in [-0.2, 0) is 4.79 Å². The van der Waals surface area contributed by atoms with Crippen molar-refractivity contribution >= 4 is 23.4 Å². The van der Waals surface area contributed by atoms with Gasteiger partial charge in [-0.15, -0.1) is 5.10 Å². The van der Waals surface area contributed by atoms with Gasteiger partial charge in [0.05, 0.1) is 12.4 Å². The lowest BCUT2D eigenvalue weighted by Crippen LogP contribution is -2.22. The first kappa shape index (κ1) is 20.7. The Morgan fingerprint density at radius 3 is 2.42 bits per heavy atom. The van der Waals surface area contributed by atoms with Gasteiger partial charge in [-0.1, -0.05) is 60.3 Å². The second kappa shape index (κ2) is 9.49. The average molecular weight is 431 g/mol. The van der Waals surface area contributed by atoms with Crippen LogP contribution in [0.15, 0.2) is 84.0 Å². The van der Waals surface area contributed by atoms with Crippen molar-refractivity contribution in [2.24, 2.45) is 0 Å². The highest BCUT2D eigenvalue weighted by atomic mass is 32.2. The van der Waals surface area contributed by atoms with E-state index in [0.29, 0.717) is 11.0 Å². The van der Waals surface area contributed by atoms with Gasteiger partial charge in [0.15, 0.2) is 5.82 Å². The Morgan fingerprint density at radius 1 is 0.968 bits per heavy atom. The minimum absolute atomic E-state index is 0.107. The van der Waals surface area contributed by atoms with E-state index >= 15 is 0 Å². The molecule has 0 aliphatic rings. The molecule has 1 amide bonds. The fourth-order valence-electron chi connectivity index (χ4n) is 3.08. The Kier molecular flexibility index (Phi) is 6.33. The number of H-pyrrole nitrogens is 1. The summed E-state index contributed by atoms with van der Waals surface area (Å²) < 4.78 is 5.18. The van der Waals surface area contributed by atoms with Gasteiger partial charge in [-0.2, -0.15) is 0 Å². The maximum atomic E-state index is 12.8. The number of nitrogens with one attached hydrogen (secondary N) is 2. The van der Waals surface area contributed by atoms with Gasteiger partial charge in [-0.25, -0.2) is 4.98 Å². The van der Waals surface area contributed by atoms with Gasteiger partial charge in [-0.05, 0) is 42.8 Å². The summed E-state index contributed by atoms with van der Waals surface area (Å²) in [6.45, 7) is 1.84. The highest BCUT2D eigenvalue weighted by Crippen LogP contribution is 2.29. The second-order valence-corrected chi connectivity index (χ2v) is 8.16. The third kappa shape index (κ3) is 4.95. The number of nitrogens with zero attached hydrogens (tertiary/aromatic N) is 2. The fraction of sp³-hybridized carbons (Fsp3) is 0.125. The minimum Gasteiger partial charge on any atom is -0.497 e. The molecule has 7 heteroatoms. The number of aromatic nitrogens is 3. The smallest absolute Gasteiger partial charge is 0.237 e. The molecule has 0 fully saturated rings. The molecular formula is C24H22N4O2S. The molecule has 1 aromatic heterocycles. The molecule has 0 aliphatic carbocycles. The number of amides is 1. The van der Waals surface area contributed by atoms with Crippen LogP contribution in [0.4, 0.5) is 5.69 Å². The molecule has 0 radical (unpaired) electrons. The molecule has 4 rings (SSSR count). The second-order valence-electron chi connectivity index (χ2n) is 6.86. The van der Waals surface area contributed by atoms with Crippen LogP contribution in [0.5, 0.6) is 5.75 Å². The van der Waals surface area contributed by atoms with Gasteiger partial charge in [0.2, 0.25) is 11.1 Å². The van der Waals surface area contributed by atoms with Crippen molar-refractivity contribution in [3.63, 3.8) is 0 Å². The number of anilines is 1. The van der Waals surface area contributed by atoms with Crippen molar-refractivity contribution in [1.29, 1.82) is 0 Å². The number of methoxy groups -OCH3 is 1. The number of rotatable bonds is 7. The summed E-state index contributed by atoms with van der Waals surface area (Å²) in [7, 11) is 1.63. The predicted molar refractivity (Wildman–Crippen MR) is 124 cm³/mol. The maximum absolute atomic E-state index is 12.8. The quantitative estimate of drug-likeness (QED) is 0.391. The van der Waals surface area contributed by atoms with Crippen LogP contribution in [0.3, 0.4) is 0 Å². The van der Waals surface area contributed by atoms with Crippen LogP contribution >= 0.6 is 11.8 Å². The number of carbonyl (C=O) groups excluding carboxylic acids is 1. The van der Waals surface area contributed by atoms with Crippen molar-refractivity contribution < 1.29 is 9.53 Å². The summed E-state index contributed by atoms with van der Waals surface area (Å²) in [6.07, 6.45) is 0. The summed E-state index contributed by atoms with van der Waals surface area (Å²) >= 11 is 1.31. The van der Waals surface area contributed by atoms with E-state index in [-0.39, 0.29) is 11.2 Å². The molecule has 0 aliphatic heterocycles. The number of ether oxygens (including phenoxy) is 1. The Bertz CT molecular complexity index is 1160. The Balaban J connectivity index is 1.44. The molecule has 3 aromatic carbocycles. The van der Waals surface area contributed by atoms with E-state index in [1.54, 1.807) is 7.11 Å². The number of para-hydroxylation sites is 1. The van der Waals surface area contributed by atoms with E-state index in [1.807, 2.05) is 85.8 Å². The average Bonchev–Trinajstić information content (AvgIpc) is 3.28. The zero-order valence-electron chi connectivity index (χ0n) is 17.2. The summed E-state index contributed by atoms with van der Waals surface area (Å²) in [5.41, 5.74) is 3.71. The van der Waals surface area contributed by atoms with Crippen LogP contribution in [0.1, 0.15) is 6.92 Å². The first-order valence-electron chi connectivity index (χ1n) is 9.83. The molecule has 31 heavy (non-hydrogen) atoms. The van der Waals surface area contributed by atoms with E-state index in [4.69, 9.17) is 4.74 Å². The van der Waals surface area contributed by atoms with Crippen LogP contribution in [0.25, 0.3) is 22.5 Å². The number of thioether (sulfide) groups is 1. The van der Waals surface area contributed by atoms with Crippen LogP contribution in [0.2, 0.25) is 0 Å². The molecule has 4 aromatic rings. The Labute approximate surface area is 185 Å². The van der Waals surface area contributed by atoms with Gasteiger partial charge < -0.3 is 10.1 Å². The Hall–Kier alpha value is -3.58. The first-order chi connectivity index (χ1) is 15.1. The van der Waals surface area contributed by atoms with Gasteiger partial charge in [0.25, 0.3) is 0 Å². The van der Waals surface area contributed by atoms with Gasteiger partial charge in [0, 0.05) is 16.8 Å². The lowest BCUT2D eigenvalue weighted by Gasteiger charge is -2.14. The van der Waals surface area contributed by atoms with Gasteiger partial charge in [-0.3, -0.25) is 9.89 Å². The molecule has 0 saturated carbocycles. The van der Waals surface area contributed by atoms with Crippen molar-refractivity contribution in [3.05, 3.63) is 78.9 Å². The van der Waals surface area contributed by atoms with Gasteiger partial charge >= 0.3 is 0 Å². The third-order valence-electron chi connectivity index (χ3n) is 4.75. The van der Waals surface area contributed by atoms with Crippen molar-refractivity contribution in [1.82, 2.24) is 15.2 Å². The molecule has 0 saturated heterocycles. The highest BCUT2D eigenvalue weighted by Gasteiger charge is 2.19. The molecule has 2 N–H and O–H groups in total. The predicted octanol–water partition coefficient (Wildman–Crippen LogP) is 5.27. The Morgan fingerprint density at radius 2 is 1.68 bits per heavy atom. The molecule has 1 atom stereocenters. The molecule has 0 bridgehead atoms. The van der Waals surface area contributed by atoms with Crippen LogP contribution < -0.4 is 10.1 Å². The lowest BCUT2D eigenvalue weighted by atomic mass is 10.0. The summed E-state index contributed by atoms with van der Waals surface area (Å²) in [5, 5.41) is 10.4. The van der Waals surface area contributed by atoms with Crippen molar-refractivity contribution in [2.45, 2.75) is 17.3 Å². The number of hydrogen-bond acceptors (Lipinski definition) is 5. The topological polar surface area (TPSA) is 79.9 Å². The molecule has 6 nitrogen and oxygen atoms in total. The molecule has 1 unspecified atom stereocenters. The van der Waals surface area contributed by atoms with E-state index in [1.165, 1.54) is 11.8 Å². The van der Waals surface area contributed by atoms with E-state index < -0.39 is 0 Å². The summed E-state index contributed by atoms with van der Waals surface area (Å²) in [4.78, 5) is 17.3. The van der Waals surface area contributed by atoms with E-state index in [9.17, 15) is 4.79 Å². The maximum Gasteiger partial charge on any atom is 0.237 e. The molecule has 156 valence electrons. The highest BCUT2D eigenvalue weighted by molar-refractivity contribution is 8.00. The van der Waals surface area contributed by atoms with Crippen LogP contribution in [0, 0.1) is 0 Å². The largest absolute Gasteiger partial charge is 0.497 e. The van der Waals surface area contributed by atoms with E-state index in [2.05, 4.69) is 20.5 Å². The molecular weight excluding hydrogens is 408 g/mol. The van der Waals surface area contributed by atoms with Crippen molar-refractivity contribution in [2.75, 3.05) is 12.4 Å². The number of benzene rings is 3. The number of aromatic amines is 1. The third-order valence-corrected chi connectivity index (χ3v) is 5.71. The van der Waals surface area contributed by atoms with Crippen LogP contribution in [-0.4, -0.2) is 33.4 Å². The molecule has 1 heterocycles. The SMILES string of the molecule is COc1ccc(-c2nc(SC(C)C(=O)Nc3ccccc3-c3ccccc3)n[nH]2)cc1. The summed E-state index contributed by atoms with van der Waals surface area (Å²) in [5.74, 6) is 1.32. The van der Waals surface area contributed by atoms with E-state index in [0.717, 1.165) is 28.1 Å².